The maximum absolute atomic E-state index is 12.4. The van der Waals surface area contributed by atoms with Crippen LogP contribution in [0.15, 0.2) is 158 Å². The van der Waals surface area contributed by atoms with Crippen molar-refractivity contribution in [3.05, 3.63) is 158 Å². The van der Waals surface area contributed by atoms with E-state index in [2.05, 4.69) is 172 Å². The number of unbranched alkanes of at least 4 members (excludes halogenated alkanes) is 31. The van der Waals surface area contributed by atoms with Gasteiger partial charge in [0, 0.05) is 12.8 Å². The summed E-state index contributed by atoms with van der Waals surface area (Å²) < 4.78 is 10.8. The molecule has 0 aromatic carbocycles. The molecule has 1 atom stereocenters. The minimum absolute atomic E-state index is 0.0714. The van der Waals surface area contributed by atoms with Crippen LogP contribution in [0.4, 0.5) is 0 Å². The Labute approximate surface area is 532 Å². The van der Waals surface area contributed by atoms with Gasteiger partial charge in [-0.3, -0.25) is 9.59 Å². The maximum atomic E-state index is 12.4. The Morgan fingerprint density at radius 2 is 0.465 bits per heavy atom. The van der Waals surface area contributed by atoms with Crippen molar-refractivity contribution in [3.8, 4) is 0 Å². The number of hydrogen-bond acceptors (Lipinski definition) is 5. The van der Waals surface area contributed by atoms with Crippen LogP contribution in [0.1, 0.15) is 322 Å². The largest absolute Gasteiger partial charge is 0.462 e. The van der Waals surface area contributed by atoms with Gasteiger partial charge in [0.05, 0.1) is 6.61 Å². The Hall–Kier alpha value is -4.48. The van der Waals surface area contributed by atoms with E-state index in [0.717, 1.165) is 122 Å². The van der Waals surface area contributed by atoms with Gasteiger partial charge in [-0.05, 0) is 122 Å². The third-order valence-electron chi connectivity index (χ3n) is 15.3. The van der Waals surface area contributed by atoms with E-state index in [0.29, 0.717) is 12.8 Å². The summed E-state index contributed by atoms with van der Waals surface area (Å²) in [6, 6.07) is 0. The molecule has 0 aromatic heterocycles. The van der Waals surface area contributed by atoms with Crippen LogP contribution < -0.4 is 0 Å². The Morgan fingerprint density at radius 1 is 0.267 bits per heavy atom. The molecule has 0 radical (unpaired) electrons. The highest BCUT2D eigenvalue weighted by Gasteiger charge is 2.16. The van der Waals surface area contributed by atoms with Crippen molar-refractivity contribution in [2.45, 2.75) is 328 Å². The molecule has 0 amide bonds. The SMILES string of the molecule is CC/C=C\C/C=C\C/C=C\C/C=C\C/C=C\C/C=C\C/C=C\C/C=C\C/C=C\CCCCCCCCCCCCCC(=O)OC(CO)COC(=O)CCCCCCCCCCCCCCCCCCCCCC/C=C\C/C=C\C/C=C\C/C=C\CC. The molecule has 0 saturated carbocycles. The fourth-order valence-electron chi connectivity index (χ4n) is 10.0. The number of aliphatic hydroxyl groups excluding tert-OH is 1. The summed E-state index contributed by atoms with van der Waals surface area (Å²) in [4.78, 5) is 24.7. The van der Waals surface area contributed by atoms with Crippen LogP contribution in [0, 0.1) is 0 Å². The molecule has 0 heterocycles. The van der Waals surface area contributed by atoms with Gasteiger partial charge in [-0.15, -0.1) is 0 Å². The first-order valence-corrected chi connectivity index (χ1v) is 36.0. The van der Waals surface area contributed by atoms with Crippen LogP contribution in [-0.4, -0.2) is 36.4 Å². The molecule has 0 bridgehead atoms. The molecule has 1 N–H and O–H groups in total. The second-order valence-electron chi connectivity index (χ2n) is 23.6. The van der Waals surface area contributed by atoms with Gasteiger partial charge in [0.1, 0.15) is 6.61 Å². The van der Waals surface area contributed by atoms with Crippen LogP contribution in [0.2, 0.25) is 0 Å². The van der Waals surface area contributed by atoms with Crippen LogP contribution in [0.3, 0.4) is 0 Å². The van der Waals surface area contributed by atoms with E-state index in [-0.39, 0.29) is 25.2 Å². The summed E-state index contributed by atoms with van der Waals surface area (Å²) in [5.41, 5.74) is 0. The Kier molecular flexibility index (Phi) is 70.9. The fraction of sp³-hybridized carbons (Fsp3) is 0.654. The van der Waals surface area contributed by atoms with E-state index in [1.807, 2.05) is 0 Å². The summed E-state index contributed by atoms with van der Waals surface area (Å²) in [5, 5.41) is 9.71. The van der Waals surface area contributed by atoms with Gasteiger partial charge in [-0.1, -0.05) is 345 Å². The van der Waals surface area contributed by atoms with Gasteiger partial charge in [0.25, 0.3) is 0 Å². The lowest BCUT2D eigenvalue weighted by Crippen LogP contribution is -2.28. The van der Waals surface area contributed by atoms with Gasteiger partial charge in [0.15, 0.2) is 6.10 Å². The molecule has 0 aromatic rings. The van der Waals surface area contributed by atoms with E-state index in [4.69, 9.17) is 9.47 Å². The molecule has 1 unspecified atom stereocenters. The van der Waals surface area contributed by atoms with Crippen molar-refractivity contribution < 1.29 is 24.2 Å². The molecule has 0 rings (SSSR count). The normalized spacial score (nSPS) is 13.2. The molecule has 0 fully saturated rings. The summed E-state index contributed by atoms with van der Waals surface area (Å²) in [5.74, 6) is -0.590. The van der Waals surface area contributed by atoms with E-state index >= 15 is 0 Å². The van der Waals surface area contributed by atoms with Crippen molar-refractivity contribution in [2.24, 2.45) is 0 Å². The highest BCUT2D eigenvalue weighted by molar-refractivity contribution is 5.70. The van der Waals surface area contributed by atoms with Crippen molar-refractivity contribution >= 4 is 11.9 Å². The lowest BCUT2D eigenvalue weighted by Gasteiger charge is -2.15. The Bertz CT molecular complexity index is 1830. The van der Waals surface area contributed by atoms with Crippen molar-refractivity contribution in [1.82, 2.24) is 0 Å². The number of aliphatic hydroxyl groups is 1. The zero-order valence-corrected chi connectivity index (χ0v) is 56.0. The van der Waals surface area contributed by atoms with E-state index in [1.54, 1.807) is 0 Å². The quantitative estimate of drug-likeness (QED) is 0.0373. The first-order chi connectivity index (χ1) is 42.6. The zero-order chi connectivity index (χ0) is 61.9. The first kappa shape index (κ1) is 81.5. The molecule has 0 saturated heterocycles. The van der Waals surface area contributed by atoms with Gasteiger partial charge < -0.3 is 14.6 Å². The zero-order valence-electron chi connectivity index (χ0n) is 56.0. The van der Waals surface area contributed by atoms with Gasteiger partial charge in [0.2, 0.25) is 0 Å². The molecule has 488 valence electrons. The second-order valence-corrected chi connectivity index (χ2v) is 23.6. The molecule has 5 heteroatoms. The second kappa shape index (κ2) is 74.8. The van der Waals surface area contributed by atoms with Crippen molar-refractivity contribution in [3.63, 3.8) is 0 Å². The molecular formula is C81H134O5. The van der Waals surface area contributed by atoms with Crippen molar-refractivity contribution in [2.75, 3.05) is 13.2 Å². The number of carbonyl (C=O) groups is 2. The lowest BCUT2D eigenvalue weighted by atomic mass is 10.0. The standard InChI is InChI=1S/C81H134O5/c1-3-5-7-9-11-13-15-17-19-21-23-25-27-29-31-33-35-37-38-39-40-41-42-44-46-48-50-52-54-56-58-60-62-64-66-68-70-72-74-76-81(84)86-79(77-82)78-85-80(83)75-73-71-69-67-65-63-61-59-57-55-53-51-49-47-45-43-36-34-32-30-28-26-24-22-20-18-16-14-12-10-8-6-4-2/h5-8,11-14,17-20,23-26,29,31,35,37,39-40,42,44,48,50,79,82H,3-4,9-10,15-16,21-22,27-28,30,32-34,36,38,41,43,45-47,49,51-78H2,1-2H3/b7-5-,8-6-,13-11-,14-12-,19-17-,20-18-,25-23-,26-24-,31-29-,37-35-,40-39-,44-42-,50-48-. The van der Waals surface area contributed by atoms with E-state index in [9.17, 15) is 14.7 Å². The summed E-state index contributed by atoms with van der Waals surface area (Å²) in [6.45, 7) is 3.93. The average Bonchev–Trinajstić information content (AvgIpc) is 3.55. The van der Waals surface area contributed by atoms with Crippen LogP contribution >= 0.6 is 0 Å². The third-order valence-corrected chi connectivity index (χ3v) is 15.3. The molecule has 0 aliphatic carbocycles. The van der Waals surface area contributed by atoms with Gasteiger partial charge >= 0.3 is 11.9 Å². The fourth-order valence-corrected chi connectivity index (χ4v) is 10.0. The van der Waals surface area contributed by atoms with Crippen LogP contribution in [0.25, 0.3) is 0 Å². The molecule has 5 nitrogen and oxygen atoms in total. The summed E-state index contributed by atoms with van der Waals surface area (Å²) in [7, 11) is 0. The van der Waals surface area contributed by atoms with Crippen LogP contribution in [-0.2, 0) is 19.1 Å². The number of carbonyl (C=O) groups excluding carboxylic acids is 2. The monoisotopic (exact) mass is 1190 g/mol. The maximum Gasteiger partial charge on any atom is 0.306 e. The van der Waals surface area contributed by atoms with Gasteiger partial charge in [-0.2, -0.15) is 0 Å². The highest BCUT2D eigenvalue weighted by atomic mass is 16.6. The first-order valence-electron chi connectivity index (χ1n) is 36.0. The molecular weight excluding hydrogens is 1050 g/mol. The van der Waals surface area contributed by atoms with Crippen molar-refractivity contribution in [1.29, 1.82) is 0 Å². The molecule has 0 aliphatic rings. The number of allylic oxidation sites excluding steroid dienone is 26. The predicted molar refractivity (Wildman–Crippen MR) is 380 cm³/mol. The molecule has 0 spiro atoms. The number of hydrogen-bond donors (Lipinski definition) is 1. The number of ether oxygens (including phenoxy) is 2. The number of rotatable bonds is 65. The Balaban J connectivity index is 3.51. The highest BCUT2D eigenvalue weighted by Crippen LogP contribution is 2.17. The summed E-state index contributed by atoms with van der Waals surface area (Å²) in [6.07, 6.45) is 114. The number of esters is 2. The molecule has 0 aliphatic heterocycles. The Morgan fingerprint density at radius 3 is 0.698 bits per heavy atom. The van der Waals surface area contributed by atoms with Crippen LogP contribution in [0.5, 0.6) is 0 Å². The minimum Gasteiger partial charge on any atom is -0.462 e. The third kappa shape index (κ3) is 72.0. The van der Waals surface area contributed by atoms with E-state index < -0.39 is 6.10 Å². The summed E-state index contributed by atoms with van der Waals surface area (Å²) >= 11 is 0. The molecule has 86 heavy (non-hydrogen) atoms. The smallest absolute Gasteiger partial charge is 0.306 e. The predicted octanol–water partition coefficient (Wildman–Crippen LogP) is 25.4. The lowest BCUT2D eigenvalue weighted by molar-refractivity contribution is -0.161. The average molecular weight is 1190 g/mol. The van der Waals surface area contributed by atoms with Gasteiger partial charge in [-0.25, -0.2) is 0 Å². The minimum atomic E-state index is -0.784. The van der Waals surface area contributed by atoms with E-state index in [1.165, 1.54) is 173 Å². The topological polar surface area (TPSA) is 72.8 Å².